The molecule has 0 aromatic heterocycles. The van der Waals surface area contributed by atoms with Gasteiger partial charge in [0.25, 0.3) is 0 Å². The number of nitrogens with one attached hydrogen (secondary N) is 1. The number of halogens is 1. The molecule has 1 unspecified atom stereocenters. The Bertz CT molecular complexity index is 689. The van der Waals surface area contributed by atoms with Gasteiger partial charge in [0.15, 0.2) is 9.84 Å². The molecule has 0 saturated carbocycles. The first-order valence-electron chi connectivity index (χ1n) is 6.10. The second kappa shape index (κ2) is 7.20. The minimum atomic E-state index is -3.49. The average Bonchev–Trinajstić information content (AvgIpc) is 2.42. The Hall–Kier alpha value is -1.91. The summed E-state index contributed by atoms with van der Waals surface area (Å²) in [7, 11) is -3.49. The first-order valence-corrected chi connectivity index (χ1v) is 8.06. The van der Waals surface area contributed by atoms with E-state index in [1.165, 1.54) is 25.1 Å². The lowest BCUT2D eigenvalue weighted by molar-refractivity contribution is -0.120. The van der Waals surface area contributed by atoms with Crippen molar-refractivity contribution in [3.63, 3.8) is 0 Å². The maximum Gasteiger partial charge on any atom is 0.238 e. The van der Waals surface area contributed by atoms with E-state index in [0.29, 0.717) is 5.56 Å². The molecule has 0 aliphatic heterocycles. The quantitative estimate of drug-likeness (QED) is 0.779. The normalized spacial score (nSPS) is 12.2. The fourth-order valence-electron chi connectivity index (χ4n) is 1.45. The van der Waals surface area contributed by atoms with Gasteiger partial charge in [-0.25, -0.2) is 12.8 Å². The van der Waals surface area contributed by atoms with Crippen molar-refractivity contribution >= 4 is 15.7 Å². The van der Waals surface area contributed by atoms with Crippen LogP contribution in [0.25, 0.3) is 0 Å². The summed E-state index contributed by atoms with van der Waals surface area (Å²) in [5.41, 5.74) is 0.680. The Morgan fingerprint density at radius 3 is 2.71 bits per heavy atom. The fraction of sp³-hybridized carbons (Fsp3) is 0.357. The molecule has 0 fully saturated rings. The van der Waals surface area contributed by atoms with Crippen molar-refractivity contribution in [3.05, 3.63) is 35.1 Å². The minimum Gasteiger partial charge on any atom is -0.384 e. The van der Waals surface area contributed by atoms with Crippen LogP contribution in [0.1, 0.15) is 18.1 Å². The van der Waals surface area contributed by atoms with Gasteiger partial charge in [-0.05, 0) is 25.1 Å². The Morgan fingerprint density at radius 1 is 1.48 bits per heavy atom. The third-order valence-corrected chi connectivity index (χ3v) is 4.32. The summed E-state index contributed by atoms with van der Waals surface area (Å²) in [6.45, 7) is 0.818. The van der Waals surface area contributed by atoms with E-state index in [-0.39, 0.29) is 18.7 Å². The number of hydrogen-bond acceptors (Lipinski definition) is 4. The molecular weight excluding hydrogens is 297 g/mol. The van der Waals surface area contributed by atoms with Gasteiger partial charge in [0.2, 0.25) is 5.91 Å². The Kier molecular flexibility index (Phi) is 5.88. The summed E-state index contributed by atoms with van der Waals surface area (Å²) in [4.78, 5) is 11.7. The summed E-state index contributed by atoms with van der Waals surface area (Å²) in [6.07, 6.45) is 0.961. The van der Waals surface area contributed by atoms with E-state index < -0.39 is 26.8 Å². The van der Waals surface area contributed by atoms with Gasteiger partial charge in [-0.3, -0.25) is 4.79 Å². The van der Waals surface area contributed by atoms with Crippen LogP contribution in [0.4, 0.5) is 4.39 Å². The summed E-state index contributed by atoms with van der Waals surface area (Å²) in [6, 6.07) is 4.08. The van der Waals surface area contributed by atoms with E-state index in [4.69, 9.17) is 5.11 Å². The van der Waals surface area contributed by atoms with Crippen molar-refractivity contribution < 1.29 is 22.7 Å². The van der Waals surface area contributed by atoms with Crippen LogP contribution >= 0.6 is 0 Å². The summed E-state index contributed by atoms with van der Waals surface area (Å²) in [5.74, 6) is 3.83. The molecule has 0 spiro atoms. The number of hydrogen-bond donors (Lipinski definition) is 2. The second-order valence-electron chi connectivity index (χ2n) is 4.46. The SMILES string of the molecule is CC(C(=O)NCc1cc(C#CCO)ccc1F)S(C)(=O)=O. The van der Waals surface area contributed by atoms with Gasteiger partial charge in [-0.15, -0.1) is 0 Å². The molecule has 0 saturated heterocycles. The van der Waals surface area contributed by atoms with Crippen molar-refractivity contribution in [2.45, 2.75) is 18.7 Å². The Balaban J connectivity index is 2.82. The van der Waals surface area contributed by atoms with Gasteiger partial charge < -0.3 is 10.4 Å². The zero-order valence-corrected chi connectivity index (χ0v) is 12.5. The number of amides is 1. The smallest absolute Gasteiger partial charge is 0.238 e. The molecule has 1 aromatic carbocycles. The topological polar surface area (TPSA) is 83.5 Å². The first-order chi connectivity index (χ1) is 9.75. The maximum atomic E-state index is 13.6. The van der Waals surface area contributed by atoms with Gasteiger partial charge in [0, 0.05) is 23.9 Å². The number of benzene rings is 1. The molecule has 21 heavy (non-hydrogen) atoms. The largest absolute Gasteiger partial charge is 0.384 e. The average molecular weight is 313 g/mol. The van der Waals surface area contributed by atoms with Crippen LogP contribution in [0.5, 0.6) is 0 Å². The number of aliphatic hydroxyl groups is 1. The molecular formula is C14H16FNO4S. The number of carbonyl (C=O) groups is 1. The zero-order valence-electron chi connectivity index (χ0n) is 11.7. The zero-order chi connectivity index (χ0) is 16.0. The molecule has 7 heteroatoms. The van der Waals surface area contributed by atoms with Crippen LogP contribution in [-0.2, 0) is 21.2 Å². The Labute approximate surface area is 123 Å². The number of sulfone groups is 1. The first kappa shape index (κ1) is 17.1. The van der Waals surface area contributed by atoms with E-state index >= 15 is 0 Å². The van der Waals surface area contributed by atoms with E-state index in [1.54, 1.807) is 0 Å². The van der Waals surface area contributed by atoms with Crippen molar-refractivity contribution in [2.24, 2.45) is 0 Å². The van der Waals surface area contributed by atoms with Gasteiger partial charge in [0.1, 0.15) is 17.7 Å². The molecule has 1 amide bonds. The fourth-order valence-corrected chi connectivity index (χ4v) is 1.92. The molecule has 0 aliphatic carbocycles. The lowest BCUT2D eigenvalue weighted by atomic mass is 10.1. The highest BCUT2D eigenvalue weighted by atomic mass is 32.2. The molecule has 0 aliphatic rings. The predicted molar refractivity (Wildman–Crippen MR) is 76.5 cm³/mol. The van der Waals surface area contributed by atoms with E-state index in [0.717, 1.165) is 6.26 Å². The number of aliphatic hydroxyl groups excluding tert-OH is 1. The molecule has 0 heterocycles. The van der Waals surface area contributed by atoms with Crippen molar-refractivity contribution in [3.8, 4) is 11.8 Å². The lowest BCUT2D eigenvalue weighted by Crippen LogP contribution is -2.37. The van der Waals surface area contributed by atoms with E-state index in [1.807, 2.05) is 0 Å². The number of rotatable bonds is 4. The summed E-state index contributed by atoms with van der Waals surface area (Å²) >= 11 is 0. The van der Waals surface area contributed by atoms with Crippen molar-refractivity contribution in [2.75, 3.05) is 12.9 Å². The van der Waals surface area contributed by atoms with Gasteiger partial charge in [0.05, 0.1) is 0 Å². The standard InChI is InChI=1S/C14H16FNO4S/c1-10(21(2,19)20)14(18)16-9-12-8-11(4-3-7-17)5-6-13(12)15/h5-6,8,10,17H,7,9H2,1-2H3,(H,16,18). The summed E-state index contributed by atoms with van der Waals surface area (Å²) in [5, 5.41) is 9.78. The highest BCUT2D eigenvalue weighted by Gasteiger charge is 2.23. The second-order valence-corrected chi connectivity index (χ2v) is 6.82. The summed E-state index contributed by atoms with van der Waals surface area (Å²) < 4.78 is 36.1. The molecule has 114 valence electrons. The molecule has 0 radical (unpaired) electrons. The predicted octanol–water partition coefficient (Wildman–Crippen LogP) is 0.219. The highest BCUT2D eigenvalue weighted by molar-refractivity contribution is 7.92. The lowest BCUT2D eigenvalue weighted by Gasteiger charge is -2.11. The van der Waals surface area contributed by atoms with Crippen LogP contribution in [0, 0.1) is 17.7 Å². The monoisotopic (exact) mass is 313 g/mol. The molecule has 1 atom stereocenters. The van der Waals surface area contributed by atoms with Crippen LogP contribution in [0.3, 0.4) is 0 Å². The van der Waals surface area contributed by atoms with Gasteiger partial charge in [-0.1, -0.05) is 11.8 Å². The molecule has 1 rings (SSSR count). The third-order valence-electron chi connectivity index (χ3n) is 2.82. The van der Waals surface area contributed by atoms with Crippen molar-refractivity contribution in [1.29, 1.82) is 0 Å². The number of carbonyl (C=O) groups excluding carboxylic acids is 1. The minimum absolute atomic E-state index is 0.140. The van der Waals surface area contributed by atoms with E-state index in [9.17, 15) is 17.6 Å². The van der Waals surface area contributed by atoms with Gasteiger partial charge in [-0.2, -0.15) is 0 Å². The highest BCUT2D eigenvalue weighted by Crippen LogP contribution is 2.10. The molecule has 2 N–H and O–H groups in total. The molecule has 5 nitrogen and oxygen atoms in total. The van der Waals surface area contributed by atoms with E-state index in [2.05, 4.69) is 17.2 Å². The Morgan fingerprint density at radius 2 is 2.14 bits per heavy atom. The third kappa shape index (κ3) is 5.17. The molecule has 1 aromatic rings. The molecule has 0 bridgehead atoms. The van der Waals surface area contributed by atoms with Gasteiger partial charge >= 0.3 is 0 Å². The van der Waals surface area contributed by atoms with Crippen LogP contribution in [0.15, 0.2) is 18.2 Å². The van der Waals surface area contributed by atoms with Crippen molar-refractivity contribution in [1.82, 2.24) is 5.32 Å². The maximum absolute atomic E-state index is 13.6. The van der Waals surface area contributed by atoms with Crippen LogP contribution in [0.2, 0.25) is 0 Å². The van der Waals surface area contributed by atoms with Crippen LogP contribution in [-0.4, -0.2) is 37.5 Å². The van der Waals surface area contributed by atoms with Crippen LogP contribution < -0.4 is 5.32 Å².